The molecule has 3 heteroatoms. The highest BCUT2D eigenvalue weighted by Crippen LogP contribution is 2.20. The van der Waals surface area contributed by atoms with Gasteiger partial charge in [-0.3, -0.25) is 0 Å². The van der Waals surface area contributed by atoms with Gasteiger partial charge >= 0.3 is 0 Å². The second-order valence-electron chi connectivity index (χ2n) is 3.96. The number of rotatable bonds is 5. The van der Waals surface area contributed by atoms with E-state index < -0.39 is 0 Å². The Hall–Kier alpha value is -0.380. The fourth-order valence-electron chi connectivity index (χ4n) is 1.21. The molecule has 1 rings (SSSR count). The molecule has 0 fully saturated rings. The van der Waals surface area contributed by atoms with Gasteiger partial charge in [0, 0.05) is 16.3 Å². The van der Waals surface area contributed by atoms with E-state index in [1.54, 1.807) is 0 Å². The van der Waals surface area contributed by atoms with Crippen LogP contribution in [0.25, 0.3) is 0 Å². The van der Waals surface area contributed by atoms with Crippen LogP contribution in [0.4, 0.5) is 0 Å². The largest absolute Gasteiger partial charge is 0.301 e. The first-order valence-electron chi connectivity index (χ1n) is 5.00. The molecule has 0 bridgehead atoms. The van der Waals surface area contributed by atoms with Crippen LogP contribution in [-0.4, -0.2) is 6.61 Å². The smallest absolute Gasteiger partial charge is 0.0705 e. The minimum atomic E-state index is 0.577. The number of nitrogens with one attached hydrogen (secondary N) is 1. The number of hydrogen-bond acceptors (Lipinski definition) is 3. The minimum Gasteiger partial charge on any atom is -0.301 e. The minimum absolute atomic E-state index is 0.577. The van der Waals surface area contributed by atoms with Crippen molar-refractivity contribution in [3.05, 3.63) is 21.4 Å². The van der Waals surface area contributed by atoms with Crippen molar-refractivity contribution in [1.29, 1.82) is 0 Å². The molecule has 0 aliphatic heterocycles. The third kappa shape index (κ3) is 3.78. The van der Waals surface area contributed by atoms with E-state index in [1.807, 2.05) is 11.3 Å². The highest BCUT2D eigenvalue weighted by Gasteiger charge is 2.02. The molecular formula is C11H19NOS. The summed E-state index contributed by atoms with van der Waals surface area (Å²) in [6.07, 6.45) is 0. The Kier molecular flexibility index (Phi) is 4.58. The van der Waals surface area contributed by atoms with Crippen molar-refractivity contribution in [3.8, 4) is 0 Å². The third-order valence-corrected chi connectivity index (χ3v) is 2.93. The van der Waals surface area contributed by atoms with Crippen LogP contribution in [0.1, 0.15) is 29.2 Å². The molecule has 1 aromatic rings. The van der Waals surface area contributed by atoms with Gasteiger partial charge in [-0.2, -0.15) is 5.48 Å². The van der Waals surface area contributed by atoms with E-state index in [9.17, 15) is 0 Å². The zero-order valence-corrected chi connectivity index (χ0v) is 10.2. The summed E-state index contributed by atoms with van der Waals surface area (Å²) in [6.45, 7) is 10.1. The van der Waals surface area contributed by atoms with E-state index in [1.165, 1.54) is 15.3 Å². The maximum atomic E-state index is 5.32. The fraction of sp³-hybridized carbons (Fsp3) is 0.636. The molecule has 0 spiro atoms. The van der Waals surface area contributed by atoms with Crippen LogP contribution < -0.4 is 5.48 Å². The third-order valence-electron chi connectivity index (χ3n) is 1.93. The van der Waals surface area contributed by atoms with Gasteiger partial charge in [0.1, 0.15) is 0 Å². The number of aryl methyl sites for hydroxylation is 2. The number of hydroxylamine groups is 1. The molecule has 0 unspecified atom stereocenters. The van der Waals surface area contributed by atoms with E-state index >= 15 is 0 Å². The molecule has 0 saturated heterocycles. The van der Waals surface area contributed by atoms with Gasteiger partial charge in [-0.15, -0.1) is 11.3 Å². The van der Waals surface area contributed by atoms with E-state index in [4.69, 9.17) is 4.84 Å². The van der Waals surface area contributed by atoms with E-state index in [-0.39, 0.29) is 0 Å². The lowest BCUT2D eigenvalue weighted by atomic mass is 10.2. The number of thiophene rings is 1. The molecule has 0 saturated carbocycles. The van der Waals surface area contributed by atoms with Crippen LogP contribution in [0.5, 0.6) is 0 Å². The molecule has 2 nitrogen and oxygen atoms in total. The molecule has 80 valence electrons. The van der Waals surface area contributed by atoms with Crippen molar-refractivity contribution in [2.45, 2.75) is 34.2 Å². The summed E-state index contributed by atoms with van der Waals surface area (Å²) in [7, 11) is 0. The van der Waals surface area contributed by atoms with Gasteiger partial charge in [0.05, 0.1) is 6.61 Å². The maximum absolute atomic E-state index is 5.32. The molecule has 1 N–H and O–H groups in total. The van der Waals surface area contributed by atoms with Gasteiger partial charge in [-0.25, -0.2) is 0 Å². The number of hydrogen-bond donors (Lipinski definition) is 1. The quantitative estimate of drug-likeness (QED) is 0.599. The van der Waals surface area contributed by atoms with Crippen molar-refractivity contribution in [2.24, 2.45) is 5.92 Å². The summed E-state index contributed by atoms with van der Waals surface area (Å²) in [6, 6.07) is 2.21. The van der Waals surface area contributed by atoms with Gasteiger partial charge in [0.15, 0.2) is 0 Å². The average molecular weight is 213 g/mol. The van der Waals surface area contributed by atoms with Gasteiger partial charge in [0.25, 0.3) is 0 Å². The van der Waals surface area contributed by atoms with Crippen LogP contribution in [-0.2, 0) is 11.4 Å². The molecule has 14 heavy (non-hydrogen) atoms. The van der Waals surface area contributed by atoms with Gasteiger partial charge in [0.2, 0.25) is 0 Å². The van der Waals surface area contributed by atoms with Crippen LogP contribution in [0.2, 0.25) is 0 Å². The van der Waals surface area contributed by atoms with Crippen molar-refractivity contribution >= 4 is 11.3 Å². The van der Waals surface area contributed by atoms with Gasteiger partial charge in [-0.05, 0) is 31.4 Å². The predicted molar refractivity (Wildman–Crippen MR) is 61.4 cm³/mol. The molecule has 1 aromatic heterocycles. The fourth-order valence-corrected chi connectivity index (χ4v) is 2.16. The molecular weight excluding hydrogens is 194 g/mol. The highest BCUT2D eigenvalue weighted by atomic mass is 32.1. The van der Waals surface area contributed by atoms with E-state index in [0.29, 0.717) is 5.92 Å². The van der Waals surface area contributed by atoms with Crippen LogP contribution in [0.15, 0.2) is 6.07 Å². The summed E-state index contributed by atoms with van der Waals surface area (Å²) in [5.41, 5.74) is 4.34. The summed E-state index contributed by atoms with van der Waals surface area (Å²) < 4.78 is 0. The lowest BCUT2D eigenvalue weighted by Crippen LogP contribution is -2.17. The normalized spacial score (nSPS) is 11.2. The first-order valence-corrected chi connectivity index (χ1v) is 5.81. The summed E-state index contributed by atoms with van der Waals surface area (Å²) in [5, 5.41) is 0. The SMILES string of the molecule is Cc1cc(CNOCC(C)C)c(C)s1. The maximum Gasteiger partial charge on any atom is 0.0705 e. The molecule has 0 aromatic carbocycles. The Balaban J connectivity index is 2.28. The molecule has 0 radical (unpaired) electrons. The summed E-state index contributed by atoms with van der Waals surface area (Å²) in [4.78, 5) is 8.06. The molecule has 1 heterocycles. The second-order valence-corrected chi connectivity index (χ2v) is 5.42. The first-order chi connectivity index (χ1) is 6.59. The Bertz CT molecular complexity index is 281. The zero-order chi connectivity index (χ0) is 10.6. The monoisotopic (exact) mass is 213 g/mol. The Labute approximate surface area is 90.2 Å². The summed E-state index contributed by atoms with van der Waals surface area (Å²) >= 11 is 1.84. The van der Waals surface area contributed by atoms with Crippen molar-refractivity contribution in [3.63, 3.8) is 0 Å². The Morgan fingerprint density at radius 2 is 2.14 bits per heavy atom. The van der Waals surface area contributed by atoms with Crippen LogP contribution >= 0.6 is 11.3 Å². The molecule has 0 atom stereocenters. The van der Waals surface area contributed by atoms with Gasteiger partial charge in [-0.1, -0.05) is 13.8 Å². The first kappa shape index (κ1) is 11.7. The van der Waals surface area contributed by atoms with Crippen LogP contribution in [0, 0.1) is 19.8 Å². The van der Waals surface area contributed by atoms with Crippen molar-refractivity contribution in [2.75, 3.05) is 6.61 Å². The molecule has 0 aliphatic rings. The Morgan fingerprint density at radius 3 is 2.64 bits per heavy atom. The summed E-state index contributed by atoms with van der Waals surface area (Å²) in [5.74, 6) is 0.577. The molecule has 0 amide bonds. The second kappa shape index (κ2) is 5.49. The topological polar surface area (TPSA) is 21.3 Å². The zero-order valence-electron chi connectivity index (χ0n) is 9.39. The highest BCUT2D eigenvalue weighted by molar-refractivity contribution is 7.12. The van der Waals surface area contributed by atoms with E-state index in [0.717, 1.165) is 13.2 Å². The lowest BCUT2D eigenvalue weighted by molar-refractivity contribution is 0.0196. The average Bonchev–Trinajstić information content (AvgIpc) is 2.39. The standard InChI is InChI=1S/C11H19NOS/c1-8(2)7-13-12-6-11-5-9(3)14-10(11)4/h5,8,12H,6-7H2,1-4H3. The Morgan fingerprint density at radius 1 is 1.43 bits per heavy atom. The van der Waals surface area contributed by atoms with Crippen LogP contribution in [0.3, 0.4) is 0 Å². The lowest BCUT2D eigenvalue weighted by Gasteiger charge is -2.07. The van der Waals surface area contributed by atoms with Crippen molar-refractivity contribution in [1.82, 2.24) is 5.48 Å². The molecule has 0 aliphatic carbocycles. The predicted octanol–water partition coefficient (Wildman–Crippen LogP) is 3.04. The van der Waals surface area contributed by atoms with Gasteiger partial charge < -0.3 is 4.84 Å². The van der Waals surface area contributed by atoms with Crippen molar-refractivity contribution < 1.29 is 4.84 Å². The van der Waals surface area contributed by atoms with E-state index in [2.05, 4.69) is 39.2 Å².